The SMILES string of the molecule is Cc1cccc(-c2c3ccccc3cc(-c3cccc(C)[n+]3C)[n+]2C)c1C. The van der Waals surface area contributed by atoms with Gasteiger partial charge in [-0.25, -0.2) is 0 Å². The van der Waals surface area contributed by atoms with E-state index in [1.807, 2.05) is 0 Å². The Morgan fingerprint density at radius 2 is 1.41 bits per heavy atom. The van der Waals surface area contributed by atoms with Gasteiger partial charge in [0.2, 0.25) is 5.69 Å². The molecule has 0 aliphatic heterocycles. The van der Waals surface area contributed by atoms with Crippen LogP contribution in [0.25, 0.3) is 33.4 Å². The molecule has 0 spiro atoms. The van der Waals surface area contributed by atoms with Gasteiger partial charge in [0.1, 0.15) is 14.1 Å². The van der Waals surface area contributed by atoms with E-state index in [1.54, 1.807) is 0 Å². The summed E-state index contributed by atoms with van der Waals surface area (Å²) in [7, 11) is 4.32. The number of hydrogen-bond acceptors (Lipinski definition) is 0. The normalized spacial score (nSPS) is 11.1. The van der Waals surface area contributed by atoms with Crippen LogP contribution in [0, 0.1) is 20.8 Å². The number of rotatable bonds is 2. The van der Waals surface area contributed by atoms with Crippen LogP contribution in [0.3, 0.4) is 0 Å². The molecule has 0 bridgehead atoms. The third kappa shape index (κ3) is 2.82. The highest BCUT2D eigenvalue weighted by Gasteiger charge is 2.27. The maximum absolute atomic E-state index is 2.35. The largest absolute Gasteiger partial charge is 0.278 e. The number of aromatic nitrogens is 2. The molecule has 2 heteroatoms. The zero-order valence-corrected chi connectivity index (χ0v) is 16.7. The van der Waals surface area contributed by atoms with Crippen molar-refractivity contribution in [3.05, 3.63) is 83.6 Å². The quantitative estimate of drug-likeness (QED) is 0.459. The average Bonchev–Trinajstić information content (AvgIpc) is 2.66. The highest BCUT2D eigenvalue weighted by atomic mass is 15.0. The zero-order valence-electron chi connectivity index (χ0n) is 16.7. The summed E-state index contributed by atoms with van der Waals surface area (Å²) >= 11 is 0. The molecule has 0 aliphatic rings. The minimum Gasteiger partial charge on any atom is -0.193 e. The smallest absolute Gasteiger partial charge is 0.193 e. The molecule has 2 heterocycles. The minimum atomic E-state index is 1.22. The maximum Gasteiger partial charge on any atom is 0.278 e. The standard InChI is InChI=1S/C25H26N2/c1-17-10-8-14-21(19(17)3)25-22-13-7-6-12-20(22)16-24(27(25)5)23-15-9-11-18(2)26(23)4/h6-16H,1-5H3/q+2. The van der Waals surface area contributed by atoms with Crippen LogP contribution in [0.15, 0.2) is 66.7 Å². The van der Waals surface area contributed by atoms with Crippen LogP contribution < -0.4 is 9.13 Å². The van der Waals surface area contributed by atoms with Gasteiger partial charge in [0.25, 0.3) is 11.4 Å². The Bertz CT molecular complexity index is 1170. The molecule has 0 amide bonds. The predicted molar refractivity (Wildman–Crippen MR) is 111 cm³/mol. The van der Waals surface area contributed by atoms with Crippen molar-refractivity contribution < 1.29 is 9.13 Å². The van der Waals surface area contributed by atoms with E-state index in [0.29, 0.717) is 0 Å². The van der Waals surface area contributed by atoms with Gasteiger partial charge >= 0.3 is 0 Å². The summed E-state index contributed by atoms with van der Waals surface area (Å²) in [4.78, 5) is 0. The van der Waals surface area contributed by atoms with Crippen molar-refractivity contribution in [2.45, 2.75) is 20.8 Å². The van der Waals surface area contributed by atoms with E-state index in [9.17, 15) is 0 Å². The summed E-state index contributed by atoms with van der Waals surface area (Å²) in [6, 6.07) is 24.1. The van der Waals surface area contributed by atoms with Crippen molar-refractivity contribution in [2.75, 3.05) is 0 Å². The van der Waals surface area contributed by atoms with E-state index in [0.717, 1.165) is 0 Å². The molecule has 0 saturated heterocycles. The number of aryl methyl sites for hydroxylation is 2. The molecule has 2 aromatic carbocycles. The number of hydrogen-bond donors (Lipinski definition) is 0. The number of fused-ring (bicyclic) bond motifs is 1. The van der Waals surface area contributed by atoms with E-state index < -0.39 is 0 Å². The second kappa shape index (κ2) is 6.62. The highest BCUT2D eigenvalue weighted by molar-refractivity contribution is 5.95. The number of benzene rings is 2. The Hall–Kier alpha value is -3.00. The lowest BCUT2D eigenvalue weighted by atomic mass is 9.95. The number of nitrogens with zero attached hydrogens (tertiary/aromatic N) is 2. The lowest BCUT2D eigenvalue weighted by Gasteiger charge is -2.12. The topological polar surface area (TPSA) is 7.76 Å². The van der Waals surface area contributed by atoms with Crippen LogP contribution in [-0.2, 0) is 14.1 Å². The van der Waals surface area contributed by atoms with Crippen molar-refractivity contribution in [2.24, 2.45) is 14.1 Å². The molecule has 0 saturated carbocycles. The van der Waals surface area contributed by atoms with E-state index in [2.05, 4.69) is 111 Å². The second-order valence-electron chi connectivity index (χ2n) is 7.38. The molecule has 0 unspecified atom stereocenters. The van der Waals surface area contributed by atoms with Crippen LogP contribution in [0.1, 0.15) is 16.8 Å². The van der Waals surface area contributed by atoms with Gasteiger partial charge in [0.15, 0.2) is 5.69 Å². The first kappa shape index (κ1) is 17.4. The Morgan fingerprint density at radius 1 is 0.667 bits per heavy atom. The fourth-order valence-electron chi connectivity index (χ4n) is 3.91. The van der Waals surface area contributed by atoms with Gasteiger partial charge in [-0.15, -0.1) is 0 Å². The van der Waals surface area contributed by atoms with Crippen molar-refractivity contribution >= 4 is 10.8 Å². The van der Waals surface area contributed by atoms with E-state index in [1.165, 1.54) is 50.2 Å². The molecule has 0 radical (unpaired) electrons. The van der Waals surface area contributed by atoms with Crippen molar-refractivity contribution in [1.29, 1.82) is 0 Å². The zero-order chi connectivity index (χ0) is 19.1. The molecule has 134 valence electrons. The number of pyridine rings is 2. The highest BCUT2D eigenvalue weighted by Crippen LogP contribution is 2.31. The lowest BCUT2D eigenvalue weighted by Crippen LogP contribution is -2.41. The predicted octanol–water partition coefficient (Wildman–Crippen LogP) is 4.75. The molecule has 0 N–H and O–H groups in total. The minimum absolute atomic E-state index is 1.22. The fourth-order valence-corrected chi connectivity index (χ4v) is 3.91. The molecule has 0 atom stereocenters. The third-order valence-corrected chi connectivity index (χ3v) is 5.81. The molecule has 4 rings (SSSR count). The Morgan fingerprint density at radius 3 is 2.22 bits per heavy atom. The van der Waals surface area contributed by atoms with Gasteiger partial charge in [-0.05, 0) is 48.6 Å². The molecule has 0 fully saturated rings. The first-order valence-electron chi connectivity index (χ1n) is 9.43. The first-order chi connectivity index (χ1) is 13.0. The van der Waals surface area contributed by atoms with Crippen LogP contribution in [0.5, 0.6) is 0 Å². The van der Waals surface area contributed by atoms with Crippen LogP contribution in [0.2, 0.25) is 0 Å². The summed E-state index contributed by atoms with van der Waals surface area (Å²) in [6.07, 6.45) is 0. The summed E-state index contributed by atoms with van der Waals surface area (Å²) in [5.41, 5.74) is 8.91. The van der Waals surface area contributed by atoms with Gasteiger partial charge < -0.3 is 0 Å². The van der Waals surface area contributed by atoms with Gasteiger partial charge in [-0.1, -0.05) is 30.3 Å². The molecule has 27 heavy (non-hydrogen) atoms. The van der Waals surface area contributed by atoms with E-state index >= 15 is 0 Å². The molecular formula is C25H26N2+2. The maximum atomic E-state index is 2.35. The van der Waals surface area contributed by atoms with Crippen molar-refractivity contribution in [1.82, 2.24) is 0 Å². The molecule has 4 aromatic rings. The van der Waals surface area contributed by atoms with Gasteiger partial charge in [-0.2, -0.15) is 9.13 Å². The van der Waals surface area contributed by atoms with Crippen molar-refractivity contribution in [3.8, 4) is 22.6 Å². The van der Waals surface area contributed by atoms with Crippen LogP contribution >= 0.6 is 0 Å². The van der Waals surface area contributed by atoms with Crippen molar-refractivity contribution in [3.63, 3.8) is 0 Å². The van der Waals surface area contributed by atoms with E-state index in [-0.39, 0.29) is 0 Å². The summed E-state index contributed by atoms with van der Waals surface area (Å²) in [5.74, 6) is 0. The summed E-state index contributed by atoms with van der Waals surface area (Å²) in [6.45, 7) is 6.56. The first-order valence-corrected chi connectivity index (χ1v) is 9.43. The van der Waals surface area contributed by atoms with Crippen LogP contribution in [0.4, 0.5) is 0 Å². The Kier molecular flexibility index (Phi) is 4.27. The molecule has 0 aliphatic carbocycles. The van der Waals surface area contributed by atoms with Gasteiger partial charge in [0.05, 0.1) is 5.39 Å². The van der Waals surface area contributed by atoms with Crippen LogP contribution in [-0.4, -0.2) is 0 Å². The average molecular weight is 354 g/mol. The molecule has 2 aromatic heterocycles. The Labute approximate surface area is 161 Å². The monoisotopic (exact) mass is 354 g/mol. The molecule has 2 nitrogen and oxygen atoms in total. The summed E-state index contributed by atoms with van der Waals surface area (Å²) in [5, 5.41) is 2.55. The third-order valence-electron chi connectivity index (χ3n) is 5.81. The Balaban J connectivity index is 2.14. The molecular weight excluding hydrogens is 328 g/mol. The fraction of sp³-hybridized carbons (Fsp3) is 0.200. The van der Waals surface area contributed by atoms with Gasteiger partial charge in [-0.3, -0.25) is 0 Å². The van der Waals surface area contributed by atoms with Gasteiger partial charge in [0, 0.05) is 30.7 Å². The lowest BCUT2D eigenvalue weighted by molar-refractivity contribution is -0.688. The second-order valence-corrected chi connectivity index (χ2v) is 7.38. The summed E-state index contributed by atoms with van der Waals surface area (Å²) < 4.78 is 4.61. The van der Waals surface area contributed by atoms with E-state index in [4.69, 9.17) is 0 Å².